The van der Waals surface area contributed by atoms with E-state index in [0.717, 1.165) is 18.3 Å². The second kappa shape index (κ2) is 2.03. The highest BCUT2D eigenvalue weighted by atomic mass is 16.3. The molecule has 0 heterocycles. The Morgan fingerprint density at radius 2 is 2.06 bits per heavy atom. The Kier molecular flexibility index (Phi) is 1.04. The van der Waals surface area contributed by atoms with Crippen LogP contribution < -0.4 is 0 Å². The molecular weight excluding hydrogens is 212 g/mol. The zero-order chi connectivity index (χ0) is 11.2. The Morgan fingerprint density at radius 1 is 1.18 bits per heavy atom. The van der Waals surface area contributed by atoms with E-state index < -0.39 is 5.60 Å². The lowest BCUT2D eigenvalue weighted by molar-refractivity contribution is -0.145. The van der Waals surface area contributed by atoms with E-state index >= 15 is 0 Å². The van der Waals surface area contributed by atoms with Crippen LogP contribution in [0.3, 0.4) is 0 Å². The predicted molar refractivity (Wildman–Crippen MR) is 59.9 cm³/mol. The fraction of sp³-hybridized carbons (Fsp3) is 0.933. The van der Waals surface area contributed by atoms with Gasteiger partial charge >= 0.3 is 0 Å². The summed E-state index contributed by atoms with van der Waals surface area (Å²) in [5, 5.41) is 11.4. The van der Waals surface area contributed by atoms with E-state index in [1.54, 1.807) is 0 Å². The molecule has 7 aliphatic carbocycles. The summed E-state index contributed by atoms with van der Waals surface area (Å²) in [5.74, 6) is 4.53. The maximum atomic E-state index is 12.8. The molecule has 0 amide bonds. The molecule has 0 aromatic rings. The van der Waals surface area contributed by atoms with Crippen molar-refractivity contribution in [2.75, 3.05) is 0 Å². The number of hydrogen-bond acceptors (Lipinski definition) is 2. The second-order valence-electron chi connectivity index (χ2n) is 7.73. The molecule has 2 heteroatoms. The van der Waals surface area contributed by atoms with Gasteiger partial charge in [0.2, 0.25) is 0 Å². The number of carbonyl (C=O) groups is 1. The topological polar surface area (TPSA) is 37.3 Å². The van der Waals surface area contributed by atoms with Crippen molar-refractivity contribution in [2.45, 2.75) is 37.7 Å². The molecule has 0 aromatic heterocycles. The number of aliphatic hydroxyl groups is 1. The zero-order valence-corrected chi connectivity index (χ0v) is 9.93. The molecule has 90 valence electrons. The van der Waals surface area contributed by atoms with Crippen LogP contribution in [0, 0.1) is 46.8 Å². The Hall–Kier alpha value is -0.370. The molecule has 9 unspecified atom stereocenters. The van der Waals surface area contributed by atoms with Crippen molar-refractivity contribution >= 4 is 5.78 Å². The van der Waals surface area contributed by atoms with Crippen molar-refractivity contribution in [3.63, 3.8) is 0 Å². The summed E-state index contributed by atoms with van der Waals surface area (Å²) in [7, 11) is 0. The molecule has 7 saturated carbocycles. The molecule has 0 aromatic carbocycles. The van der Waals surface area contributed by atoms with E-state index in [1.807, 2.05) is 0 Å². The lowest BCUT2D eigenvalue weighted by Gasteiger charge is -2.46. The quantitative estimate of drug-likeness (QED) is 0.686. The van der Waals surface area contributed by atoms with Gasteiger partial charge in [-0.05, 0) is 48.9 Å². The van der Waals surface area contributed by atoms with Crippen LogP contribution in [-0.2, 0) is 4.79 Å². The monoisotopic (exact) mass is 230 g/mol. The van der Waals surface area contributed by atoms with Crippen molar-refractivity contribution in [3.8, 4) is 0 Å². The fourth-order valence-corrected chi connectivity index (χ4v) is 8.42. The smallest absolute Gasteiger partial charge is 0.145 e. The lowest BCUT2D eigenvalue weighted by atomic mass is 9.60. The molecule has 7 rings (SSSR count). The third-order valence-electron chi connectivity index (χ3n) is 8.12. The van der Waals surface area contributed by atoms with Gasteiger partial charge in [0.25, 0.3) is 0 Å². The fourth-order valence-electron chi connectivity index (χ4n) is 8.42. The average Bonchev–Trinajstić information content (AvgIpc) is 2.92. The molecular formula is C15H18O2. The van der Waals surface area contributed by atoms with Gasteiger partial charge in [0.15, 0.2) is 0 Å². The van der Waals surface area contributed by atoms with Crippen LogP contribution in [0.4, 0.5) is 0 Å². The minimum atomic E-state index is -0.530. The number of carbonyl (C=O) groups excluding carboxylic acids is 1. The van der Waals surface area contributed by atoms with Crippen LogP contribution in [0.25, 0.3) is 0 Å². The minimum absolute atomic E-state index is 0.230. The zero-order valence-electron chi connectivity index (χ0n) is 9.93. The molecule has 1 spiro atoms. The van der Waals surface area contributed by atoms with Crippen LogP contribution in [0.15, 0.2) is 0 Å². The molecule has 0 radical (unpaired) electrons. The van der Waals surface area contributed by atoms with Gasteiger partial charge in [-0.2, -0.15) is 0 Å². The molecule has 17 heavy (non-hydrogen) atoms. The van der Waals surface area contributed by atoms with Gasteiger partial charge in [-0.25, -0.2) is 0 Å². The number of rotatable bonds is 0. The number of ketones is 1. The van der Waals surface area contributed by atoms with E-state index in [4.69, 9.17) is 0 Å². The average molecular weight is 230 g/mol. The molecule has 2 nitrogen and oxygen atoms in total. The van der Waals surface area contributed by atoms with E-state index in [-0.39, 0.29) is 5.41 Å². The van der Waals surface area contributed by atoms with Crippen molar-refractivity contribution in [2.24, 2.45) is 46.8 Å². The molecule has 9 atom stereocenters. The molecule has 0 aliphatic heterocycles. The molecule has 7 bridgehead atoms. The normalized spacial score (nSPS) is 76.5. The summed E-state index contributed by atoms with van der Waals surface area (Å²) in [6.45, 7) is 0. The lowest BCUT2D eigenvalue weighted by Crippen LogP contribution is -2.53. The predicted octanol–water partition coefficient (Wildman–Crippen LogP) is 1.62. The van der Waals surface area contributed by atoms with Gasteiger partial charge in [-0.3, -0.25) is 4.79 Å². The van der Waals surface area contributed by atoms with Crippen LogP contribution in [0.2, 0.25) is 0 Å². The summed E-state index contributed by atoms with van der Waals surface area (Å²) >= 11 is 0. The summed E-state index contributed by atoms with van der Waals surface area (Å²) in [4.78, 5) is 12.8. The summed E-state index contributed by atoms with van der Waals surface area (Å²) in [5.41, 5.74) is -0.760. The largest absolute Gasteiger partial charge is 0.388 e. The molecule has 7 aliphatic rings. The second-order valence-corrected chi connectivity index (χ2v) is 7.73. The summed E-state index contributed by atoms with van der Waals surface area (Å²) in [6.07, 6.45) is 5.96. The number of hydrogen-bond donors (Lipinski definition) is 1. The van der Waals surface area contributed by atoms with Crippen molar-refractivity contribution in [1.29, 1.82) is 0 Å². The summed E-state index contributed by atoms with van der Waals surface area (Å²) in [6, 6.07) is 0. The first kappa shape index (κ1) is 8.68. The minimum Gasteiger partial charge on any atom is -0.388 e. The van der Waals surface area contributed by atoms with E-state index in [2.05, 4.69) is 0 Å². The van der Waals surface area contributed by atoms with E-state index in [0.29, 0.717) is 35.4 Å². The Labute approximate surface area is 101 Å². The Morgan fingerprint density at radius 3 is 2.94 bits per heavy atom. The molecule has 0 saturated heterocycles. The first-order valence-corrected chi connectivity index (χ1v) is 7.49. The van der Waals surface area contributed by atoms with E-state index in [1.165, 1.54) is 25.7 Å². The third kappa shape index (κ3) is 0.494. The first-order chi connectivity index (χ1) is 8.23. The first-order valence-electron chi connectivity index (χ1n) is 7.49. The van der Waals surface area contributed by atoms with E-state index in [9.17, 15) is 9.90 Å². The van der Waals surface area contributed by atoms with Crippen LogP contribution >= 0.6 is 0 Å². The van der Waals surface area contributed by atoms with Crippen LogP contribution in [-0.4, -0.2) is 16.5 Å². The Balaban J connectivity index is 1.77. The SMILES string of the molecule is O=C1C2C3CC4C5C3C13CCCCC5C3(O)C42. The van der Waals surface area contributed by atoms with Gasteiger partial charge in [0.05, 0.1) is 11.0 Å². The Bertz CT molecular complexity index is 485. The van der Waals surface area contributed by atoms with Gasteiger partial charge in [-0.1, -0.05) is 12.8 Å². The maximum absolute atomic E-state index is 12.8. The molecule has 7 fully saturated rings. The van der Waals surface area contributed by atoms with Crippen molar-refractivity contribution in [3.05, 3.63) is 0 Å². The van der Waals surface area contributed by atoms with Crippen molar-refractivity contribution < 1.29 is 9.90 Å². The summed E-state index contributed by atoms with van der Waals surface area (Å²) < 4.78 is 0. The van der Waals surface area contributed by atoms with Gasteiger partial charge < -0.3 is 5.11 Å². The van der Waals surface area contributed by atoms with Gasteiger partial charge in [-0.15, -0.1) is 0 Å². The van der Waals surface area contributed by atoms with Crippen LogP contribution in [0.1, 0.15) is 32.1 Å². The maximum Gasteiger partial charge on any atom is 0.145 e. The van der Waals surface area contributed by atoms with Crippen LogP contribution in [0.5, 0.6) is 0 Å². The number of Topliss-reactive ketones (excluding diaryl/α,β-unsaturated/α-hetero) is 1. The highest BCUT2D eigenvalue weighted by Gasteiger charge is 2.94. The van der Waals surface area contributed by atoms with Gasteiger partial charge in [0.1, 0.15) is 5.78 Å². The van der Waals surface area contributed by atoms with Crippen molar-refractivity contribution in [1.82, 2.24) is 0 Å². The third-order valence-corrected chi connectivity index (χ3v) is 8.12. The highest BCUT2D eigenvalue weighted by molar-refractivity contribution is 5.97. The standard InChI is InChI=1S/C15H18O2/c16-13-10-7-5-6-9-8-3-1-2-4-14(13,11(7)9)15(8,17)12(6)10/h6-12,17H,1-5H2. The highest BCUT2D eigenvalue weighted by Crippen LogP contribution is 2.90. The molecule has 1 N–H and O–H groups in total. The van der Waals surface area contributed by atoms with Gasteiger partial charge in [0, 0.05) is 11.8 Å².